The summed E-state index contributed by atoms with van der Waals surface area (Å²) in [6.45, 7) is 3.33. The predicted molar refractivity (Wildman–Crippen MR) is 80.0 cm³/mol. The van der Waals surface area contributed by atoms with E-state index < -0.39 is 0 Å². The van der Waals surface area contributed by atoms with E-state index in [2.05, 4.69) is 41.7 Å². The van der Waals surface area contributed by atoms with E-state index in [1.54, 1.807) is 0 Å². The van der Waals surface area contributed by atoms with Gasteiger partial charge in [0.15, 0.2) is 5.82 Å². The number of aromatic nitrogens is 2. The molecule has 21 heavy (non-hydrogen) atoms. The second-order valence-corrected chi connectivity index (χ2v) is 6.42. The zero-order valence-electron chi connectivity index (χ0n) is 12.4. The van der Waals surface area contributed by atoms with Gasteiger partial charge in [-0.1, -0.05) is 36.3 Å². The highest BCUT2D eigenvalue weighted by atomic mass is 16.5. The molecule has 4 nitrogen and oxygen atoms in total. The minimum Gasteiger partial charge on any atom is -0.338 e. The molecule has 1 aromatic heterocycles. The van der Waals surface area contributed by atoms with Gasteiger partial charge in [0, 0.05) is 5.92 Å². The standard InChI is InChI=1S/C17H21N3O/c1-11-8-9-18-15(10-11)17-19-16(20-21-17)14-7-6-12-4-2-3-5-13(12)14/h2-5,11,14-15,18H,6-10H2,1H3. The molecular formula is C17H21N3O. The molecule has 0 amide bonds. The van der Waals surface area contributed by atoms with Gasteiger partial charge in [0.05, 0.1) is 6.04 Å². The van der Waals surface area contributed by atoms with E-state index in [1.807, 2.05) is 0 Å². The molecule has 3 atom stereocenters. The highest BCUT2D eigenvalue weighted by Crippen LogP contribution is 2.37. The molecule has 1 saturated heterocycles. The van der Waals surface area contributed by atoms with Crippen molar-refractivity contribution in [3.8, 4) is 0 Å². The third-order valence-corrected chi connectivity index (χ3v) is 4.87. The van der Waals surface area contributed by atoms with Gasteiger partial charge < -0.3 is 9.84 Å². The van der Waals surface area contributed by atoms with E-state index in [0.29, 0.717) is 5.92 Å². The van der Waals surface area contributed by atoms with Gasteiger partial charge in [-0.3, -0.25) is 0 Å². The van der Waals surface area contributed by atoms with E-state index >= 15 is 0 Å². The van der Waals surface area contributed by atoms with Crippen LogP contribution in [0.3, 0.4) is 0 Å². The van der Waals surface area contributed by atoms with Gasteiger partial charge in [-0.25, -0.2) is 0 Å². The number of hydrogen-bond acceptors (Lipinski definition) is 4. The van der Waals surface area contributed by atoms with Crippen LogP contribution in [0.1, 0.15) is 61.0 Å². The number of aryl methyl sites for hydroxylation is 1. The average molecular weight is 283 g/mol. The Morgan fingerprint density at radius 3 is 3.05 bits per heavy atom. The molecule has 2 aromatic rings. The monoisotopic (exact) mass is 283 g/mol. The van der Waals surface area contributed by atoms with Gasteiger partial charge in [0.2, 0.25) is 5.89 Å². The summed E-state index contributed by atoms with van der Waals surface area (Å²) < 4.78 is 5.56. The van der Waals surface area contributed by atoms with Crippen molar-refractivity contribution in [1.29, 1.82) is 0 Å². The summed E-state index contributed by atoms with van der Waals surface area (Å²) in [5, 5.41) is 7.76. The number of nitrogens with one attached hydrogen (secondary N) is 1. The zero-order chi connectivity index (χ0) is 14.2. The van der Waals surface area contributed by atoms with Crippen LogP contribution < -0.4 is 5.32 Å². The maximum absolute atomic E-state index is 5.56. The highest BCUT2D eigenvalue weighted by Gasteiger charge is 2.30. The van der Waals surface area contributed by atoms with Crippen LogP contribution >= 0.6 is 0 Å². The maximum Gasteiger partial charge on any atom is 0.243 e. The van der Waals surface area contributed by atoms with Crippen molar-refractivity contribution in [2.45, 2.75) is 44.6 Å². The summed E-state index contributed by atoms with van der Waals surface area (Å²) in [6.07, 6.45) is 4.52. The van der Waals surface area contributed by atoms with Crippen molar-refractivity contribution in [2.75, 3.05) is 6.54 Å². The molecular weight excluding hydrogens is 262 g/mol. The Morgan fingerprint density at radius 2 is 2.14 bits per heavy atom. The zero-order valence-corrected chi connectivity index (χ0v) is 12.4. The largest absolute Gasteiger partial charge is 0.338 e. The molecule has 1 aliphatic carbocycles. The quantitative estimate of drug-likeness (QED) is 0.919. The van der Waals surface area contributed by atoms with Crippen LogP contribution in [0.4, 0.5) is 0 Å². The molecule has 0 saturated carbocycles. The summed E-state index contributed by atoms with van der Waals surface area (Å²) in [6, 6.07) is 8.84. The Hall–Kier alpha value is -1.68. The molecule has 1 aliphatic heterocycles. The first-order valence-electron chi connectivity index (χ1n) is 7.96. The third kappa shape index (κ3) is 2.38. The van der Waals surface area contributed by atoms with Gasteiger partial charge in [-0.2, -0.15) is 4.98 Å². The van der Waals surface area contributed by atoms with Crippen molar-refractivity contribution in [3.05, 3.63) is 47.1 Å². The SMILES string of the molecule is CC1CCNC(c2nc(C3CCc4ccccc43)no2)C1. The van der Waals surface area contributed by atoms with E-state index in [1.165, 1.54) is 17.5 Å². The van der Waals surface area contributed by atoms with Crippen molar-refractivity contribution < 1.29 is 4.52 Å². The molecule has 4 rings (SSSR count). The van der Waals surface area contributed by atoms with Crippen molar-refractivity contribution in [1.82, 2.24) is 15.5 Å². The van der Waals surface area contributed by atoms with Crippen LogP contribution in [0.5, 0.6) is 0 Å². The summed E-state index contributed by atoms with van der Waals surface area (Å²) in [5.74, 6) is 2.65. The summed E-state index contributed by atoms with van der Waals surface area (Å²) in [5.41, 5.74) is 2.80. The molecule has 1 N–H and O–H groups in total. The number of piperidine rings is 1. The molecule has 110 valence electrons. The fraction of sp³-hybridized carbons (Fsp3) is 0.529. The first-order valence-corrected chi connectivity index (χ1v) is 7.96. The molecule has 2 aliphatic rings. The lowest BCUT2D eigenvalue weighted by Gasteiger charge is -2.25. The average Bonchev–Trinajstić information content (AvgIpc) is 3.14. The molecule has 0 radical (unpaired) electrons. The topological polar surface area (TPSA) is 51.0 Å². The Labute approximate surface area is 124 Å². The Morgan fingerprint density at radius 1 is 1.24 bits per heavy atom. The fourth-order valence-electron chi connectivity index (χ4n) is 3.65. The van der Waals surface area contributed by atoms with Crippen molar-refractivity contribution in [2.24, 2.45) is 5.92 Å². The summed E-state index contributed by atoms with van der Waals surface area (Å²) >= 11 is 0. The molecule has 4 heteroatoms. The van der Waals surface area contributed by atoms with Crippen LogP contribution in [0, 0.1) is 5.92 Å². The van der Waals surface area contributed by atoms with E-state index in [9.17, 15) is 0 Å². The van der Waals surface area contributed by atoms with Crippen LogP contribution in [-0.4, -0.2) is 16.7 Å². The Balaban J connectivity index is 1.58. The maximum atomic E-state index is 5.56. The lowest BCUT2D eigenvalue weighted by atomic mass is 9.94. The number of rotatable bonds is 2. The second kappa shape index (κ2) is 5.26. The lowest BCUT2D eigenvalue weighted by Crippen LogP contribution is -2.31. The van der Waals surface area contributed by atoms with Crippen LogP contribution in [0.2, 0.25) is 0 Å². The fourth-order valence-corrected chi connectivity index (χ4v) is 3.65. The lowest BCUT2D eigenvalue weighted by molar-refractivity contribution is 0.259. The number of fused-ring (bicyclic) bond motifs is 1. The van der Waals surface area contributed by atoms with Gasteiger partial charge in [-0.15, -0.1) is 0 Å². The van der Waals surface area contributed by atoms with Crippen molar-refractivity contribution in [3.63, 3.8) is 0 Å². The van der Waals surface area contributed by atoms with E-state index in [0.717, 1.165) is 43.4 Å². The molecule has 2 heterocycles. The molecule has 1 fully saturated rings. The molecule has 0 bridgehead atoms. The minimum absolute atomic E-state index is 0.228. The first kappa shape index (κ1) is 13.0. The molecule has 3 unspecified atom stereocenters. The van der Waals surface area contributed by atoms with Gasteiger partial charge in [-0.05, 0) is 49.3 Å². The van der Waals surface area contributed by atoms with Crippen LogP contribution in [0.25, 0.3) is 0 Å². The van der Waals surface area contributed by atoms with E-state index in [4.69, 9.17) is 9.51 Å². The van der Waals surface area contributed by atoms with Crippen molar-refractivity contribution >= 4 is 0 Å². The number of hydrogen-bond donors (Lipinski definition) is 1. The number of nitrogens with zero attached hydrogens (tertiary/aromatic N) is 2. The van der Waals surface area contributed by atoms with E-state index in [-0.39, 0.29) is 6.04 Å². The summed E-state index contributed by atoms with van der Waals surface area (Å²) in [7, 11) is 0. The second-order valence-electron chi connectivity index (χ2n) is 6.42. The summed E-state index contributed by atoms with van der Waals surface area (Å²) in [4.78, 5) is 4.71. The highest BCUT2D eigenvalue weighted by molar-refractivity contribution is 5.38. The third-order valence-electron chi connectivity index (χ3n) is 4.87. The Kier molecular flexibility index (Phi) is 3.26. The first-order chi connectivity index (χ1) is 10.3. The van der Waals surface area contributed by atoms with Crippen LogP contribution in [0.15, 0.2) is 28.8 Å². The van der Waals surface area contributed by atoms with Crippen LogP contribution in [-0.2, 0) is 6.42 Å². The van der Waals surface area contributed by atoms with Gasteiger partial charge in [0.25, 0.3) is 0 Å². The number of benzene rings is 1. The Bertz CT molecular complexity index is 636. The molecule has 0 spiro atoms. The minimum atomic E-state index is 0.228. The van der Waals surface area contributed by atoms with Gasteiger partial charge >= 0.3 is 0 Å². The predicted octanol–water partition coefficient (Wildman–Crippen LogP) is 3.21. The smallest absolute Gasteiger partial charge is 0.243 e. The molecule has 1 aromatic carbocycles. The normalized spacial score (nSPS) is 28.5. The van der Waals surface area contributed by atoms with Gasteiger partial charge in [0.1, 0.15) is 0 Å².